The average molecular weight is 270 g/mol. The number of hydrogen-bond acceptors (Lipinski definition) is 3. The first-order chi connectivity index (χ1) is 9.66. The molecule has 1 aliphatic rings. The van der Waals surface area contributed by atoms with E-state index in [0.717, 1.165) is 30.5 Å². The molecule has 2 rings (SSSR count). The van der Waals surface area contributed by atoms with Crippen molar-refractivity contribution in [1.29, 1.82) is 5.26 Å². The molecular weight excluding hydrogens is 248 g/mol. The van der Waals surface area contributed by atoms with Crippen LogP contribution in [0.1, 0.15) is 25.3 Å². The van der Waals surface area contributed by atoms with Crippen LogP contribution in [0.5, 0.6) is 0 Å². The van der Waals surface area contributed by atoms with Crippen LogP contribution < -0.4 is 5.32 Å². The first kappa shape index (κ1) is 14.8. The maximum absolute atomic E-state index is 9.47. The Morgan fingerprint density at radius 1 is 1.45 bits per heavy atom. The molecule has 1 fully saturated rings. The van der Waals surface area contributed by atoms with E-state index in [2.05, 4.69) is 30.1 Å². The van der Waals surface area contributed by atoms with Crippen molar-refractivity contribution in [2.24, 2.45) is 0 Å². The Hall–Kier alpha value is -1.63. The van der Waals surface area contributed by atoms with Crippen molar-refractivity contribution < 1.29 is 4.74 Å². The monoisotopic (exact) mass is 270 g/mol. The molecule has 1 aliphatic carbocycles. The van der Waals surface area contributed by atoms with Gasteiger partial charge in [-0.2, -0.15) is 5.26 Å². The summed E-state index contributed by atoms with van der Waals surface area (Å²) in [5, 5.41) is 12.9. The van der Waals surface area contributed by atoms with Gasteiger partial charge in [-0.3, -0.25) is 0 Å². The quantitative estimate of drug-likeness (QED) is 0.612. The molecule has 1 aromatic carbocycles. The number of nitrogens with zero attached hydrogens (tertiary/aromatic N) is 1. The standard InChI is InChI=1S/C17H22N2O/c1-14(2)12-20-9-8-19-16-10-17(11-16,13-18)15-6-4-3-5-7-15/h3-7,16,19H,1,8-12H2,2H3. The van der Waals surface area contributed by atoms with Crippen LogP contribution in [0.2, 0.25) is 0 Å². The molecule has 0 radical (unpaired) electrons. The van der Waals surface area contributed by atoms with Gasteiger partial charge in [0.2, 0.25) is 0 Å². The van der Waals surface area contributed by atoms with E-state index in [4.69, 9.17) is 4.74 Å². The molecule has 0 heterocycles. The van der Waals surface area contributed by atoms with Crippen LogP contribution >= 0.6 is 0 Å². The number of rotatable bonds is 7. The van der Waals surface area contributed by atoms with Gasteiger partial charge in [-0.25, -0.2) is 0 Å². The number of hydrogen-bond donors (Lipinski definition) is 1. The highest BCUT2D eigenvalue weighted by Gasteiger charge is 2.45. The van der Waals surface area contributed by atoms with Crippen LogP contribution in [0, 0.1) is 11.3 Å². The van der Waals surface area contributed by atoms with E-state index in [0.29, 0.717) is 19.3 Å². The smallest absolute Gasteiger partial charge is 0.0852 e. The summed E-state index contributed by atoms with van der Waals surface area (Å²) in [6.45, 7) is 7.90. The molecule has 3 heteroatoms. The molecule has 0 atom stereocenters. The molecule has 0 aromatic heterocycles. The van der Waals surface area contributed by atoms with Gasteiger partial charge in [0, 0.05) is 12.6 Å². The first-order valence-corrected chi connectivity index (χ1v) is 7.08. The summed E-state index contributed by atoms with van der Waals surface area (Å²) in [4.78, 5) is 0. The summed E-state index contributed by atoms with van der Waals surface area (Å²) in [5.41, 5.74) is 1.89. The van der Waals surface area contributed by atoms with E-state index in [1.165, 1.54) is 0 Å². The largest absolute Gasteiger partial charge is 0.376 e. The van der Waals surface area contributed by atoms with Crippen LogP contribution in [0.25, 0.3) is 0 Å². The fourth-order valence-electron chi connectivity index (χ4n) is 2.66. The minimum absolute atomic E-state index is 0.294. The van der Waals surface area contributed by atoms with Crippen molar-refractivity contribution in [1.82, 2.24) is 5.32 Å². The van der Waals surface area contributed by atoms with Gasteiger partial charge in [0.25, 0.3) is 0 Å². The van der Waals surface area contributed by atoms with Crippen LogP contribution in [-0.2, 0) is 10.2 Å². The van der Waals surface area contributed by atoms with Crippen LogP contribution in [0.15, 0.2) is 42.5 Å². The Balaban J connectivity index is 1.73. The fraction of sp³-hybridized carbons (Fsp3) is 0.471. The first-order valence-electron chi connectivity index (χ1n) is 7.08. The highest BCUT2D eigenvalue weighted by molar-refractivity contribution is 5.36. The average Bonchev–Trinajstić information content (AvgIpc) is 2.41. The summed E-state index contributed by atoms with van der Waals surface area (Å²) in [6, 6.07) is 13.0. The molecule has 0 aliphatic heterocycles. The number of ether oxygens (including phenoxy) is 1. The lowest BCUT2D eigenvalue weighted by molar-refractivity contribution is 0.142. The zero-order valence-electron chi connectivity index (χ0n) is 12.1. The van der Waals surface area contributed by atoms with Gasteiger partial charge in [0.05, 0.1) is 24.7 Å². The summed E-state index contributed by atoms with van der Waals surface area (Å²) in [5.74, 6) is 0. The van der Waals surface area contributed by atoms with Gasteiger partial charge >= 0.3 is 0 Å². The van der Waals surface area contributed by atoms with E-state index >= 15 is 0 Å². The Kier molecular flexibility index (Phi) is 4.94. The van der Waals surface area contributed by atoms with Crippen molar-refractivity contribution in [3.63, 3.8) is 0 Å². The van der Waals surface area contributed by atoms with Gasteiger partial charge in [-0.05, 0) is 25.3 Å². The second kappa shape index (κ2) is 6.69. The minimum atomic E-state index is -0.294. The molecule has 0 unspecified atom stereocenters. The fourth-order valence-corrected chi connectivity index (χ4v) is 2.66. The molecule has 1 aromatic rings. The topological polar surface area (TPSA) is 45.0 Å². The Bertz CT molecular complexity index is 483. The minimum Gasteiger partial charge on any atom is -0.376 e. The third-order valence-electron chi connectivity index (χ3n) is 3.76. The molecule has 20 heavy (non-hydrogen) atoms. The summed E-state index contributed by atoms with van der Waals surface area (Å²) in [7, 11) is 0. The summed E-state index contributed by atoms with van der Waals surface area (Å²) < 4.78 is 5.45. The zero-order chi connectivity index (χ0) is 14.4. The molecular formula is C17H22N2O. The van der Waals surface area contributed by atoms with Crippen LogP contribution in [-0.4, -0.2) is 25.8 Å². The van der Waals surface area contributed by atoms with Crippen molar-refractivity contribution in [3.8, 4) is 6.07 Å². The van der Waals surface area contributed by atoms with Gasteiger partial charge in [0.1, 0.15) is 0 Å². The molecule has 106 valence electrons. The molecule has 1 N–H and O–H groups in total. The number of nitrogens with one attached hydrogen (secondary N) is 1. The molecule has 1 saturated carbocycles. The van der Waals surface area contributed by atoms with Gasteiger partial charge in [-0.15, -0.1) is 0 Å². The molecule has 0 saturated heterocycles. The van der Waals surface area contributed by atoms with Crippen LogP contribution in [0.4, 0.5) is 0 Å². The Labute approximate surface area is 121 Å². The second-order valence-corrected chi connectivity index (χ2v) is 5.63. The van der Waals surface area contributed by atoms with E-state index in [-0.39, 0.29) is 5.41 Å². The zero-order valence-corrected chi connectivity index (χ0v) is 12.1. The van der Waals surface area contributed by atoms with Gasteiger partial charge in [-0.1, -0.05) is 42.5 Å². The summed E-state index contributed by atoms with van der Waals surface area (Å²) in [6.07, 6.45) is 1.77. The lowest BCUT2D eigenvalue weighted by atomic mass is 9.62. The third kappa shape index (κ3) is 3.47. The maximum Gasteiger partial charge on any atom is 0.0852 e. The lowest BCUT2D eigenvalue weighted by Crippen LogP contribution is -2.51. The molecule has 0 bridgehead atoms. The predicted octanol–water partition coefficient (Wildman–Crippen LogP) is 2.79. The maximum atomic E-state index is 9.47. The Morgan fingerprint density at radius 2 is 2.15 bits per heavy atom. The van der Waals surface area contributed by atoms with E-state index in [9.17, 15) is 5.26 Å². The van der Waals surface area contributed by atoms with E-state index in [1.54, 1.807) is 0 Å². The Morgan fingerprint density at radius 3 is 2.75 bits per heavy atom. The molecule has 0 spiro atoms. The van der Waals surface area contributed by atoms with E-state index in [1.807, 2.05) is 25.1 Å². The highest BCUT2D eigenvalue weighted by atomic mass is 16.5. The van der Waals surface area contributed by atoms with Crippen molar-refractivity contribution in [2.45, 2.75) is 31.2 Å². The second-order valence-electron chi connectivity index (χ2n) is 5.63. The van der Waals surface area contributed by atoms with Crippen molar-refractivity contribution in [2.75, 3.05) is 19.8 Å². The lowest BCUT2D eigenvalue weighted by Gasteiger charge is -2.43. The van der Waals surface area contributed by atoms with Gasteiger partial charge < -0.3 is 10.1 Å². The van der Waals surface area contributed by atoms with Crippen LogP contribution in [0.3, 0.4) is 0 Å². The van der Waals surface area contributed by atoms with Crippen molar-refractivity contribution in [3.05, 3.63) is 48.0 Å². The number of benzene rings is 1. The predicted molar refractivity (Wildman–Crippen MR) is 80.4 cm³/mol. The molecule has 3 nitrogen and oxygen atoms in total. The van der Waals surface area contributed by atoms with Crippen molar-refractivity contribution >= 4 is 0 Å². The SMILES string of the molecule is C=C(C)COCCNC1CC(C#N)(c2ccccc2)C1. The van der Waals surface area contributed by atoms with E-state index < -0.39 is 0 Å². The normalized spacial score (nSPS) is 24.7. The summed E-state index contributed by atoms with van der Waals surface area (Å²) >= 11 is 0. The van der Waals surface area contributed by atoms with Gasteiger partial charge in [0.15, 0.2) is 0 Å². The highest BCUT2D eigenvalue weighted by Crippen LogP contribution is 2.43. The molecule has 0 amide bonds. The number of nitriles is 1. The third-order valence-corrected chi connectivity index (χ3v) is 3.76.